The Hall–Kier alpha value is -1.55. The van der Waals surface area contributed by atoms with Crippen LogP contribution in [0.3, 0.4) is 0 Å². The Morgan fingerprint density at radius 2 is 2.00 bits per heavy atom. The molecule has 18 heavy (non-hydrogen) atoms. The van der Waals surface area contributed by atoms with Gasteiger partial charge in [0.05, 0.1) is 11.1 Å². The van der Waals surface area contributed by atoms with Crippen molar-refractivity contribution in [2.45, 2.75) is 33.0 Å². The number of benzene rings is 1. The summed E-state index contributed by atoms with van der Waals surface area (Å²) in [4.78, 5) is 21.0. The molecule has 0 aromatic heterocycles. The summed E-state index contributed by atoms with van der Waals surface area (Å²) in [5.74, 6) is -0.328. The smallest absolute Gasteiger partial charge is 0.371 e. The predicted octanol–water partition coefficient (Wildman–Crippen LogP) is 2.93. The van der Waals surface area contributed by atoms with E-state index in [2.05, 4.69) is 0 Å². The van der Waals surface area contributed by atoms with Crippen LogP contribution in [-0.4, -0.2) is 18.4 Å². The molecule has 1 atom stereocenters. The number of ether oxygens (including phenoxy) is 2. The Labute approximate surface area is 111 Å². The molecule has 0 amide bonds. The van der Waals surface area contributed by atoms with E-state index in [1.165, 1.54) is 0 Å². The summed E-state index contributed by atoms with van der Waals surface area (Å²) in [7, 11) is 0. The minimum Gasteiger partial charge on any atom is -0.489 e. The molecule has 4 nitrogen and oxygen atoms in total. The minimum absolute atomic E-state index is 0.0265. The quantitative estimate of drug-likeness (QED) is 0.469. The van der Waals surface area contributed by atoms with E-state index in [1.54, 1.807) is 25.1 Å². The van der Waals surface area contributed by atoms with Crippen LogP contribution in [0.25, 0.3) is 0 Å². The van der Waals surface area contributed by atoms with Crippen molar-refractivity contribution >= 4 is 23.9 Å². The van der Waals surface area contributed by atoms with E-state index in [4.69, 9.17) is 21.1 Å². The zero-order chi connectivity index (χ0) is 13.7. The Kier molecular flexibility index (Phi) is 5.16. The number of carbonyl (C=O) groups is 2. The average Bonchev–Trinajstić information content (AvgIpc) is 2.30. The minimum atomic E-state index is -0.902. The van der Waals surface area contributed by atoms with Crippen molar-refractivity contribution in [3.63, 3.8) is 0 Å². The van der Waals surface area contributed by atoms with E-state index < -0.39 is 12.1 Å². The molecule has 0 aliphatic rings. The summed E-state index contributed by atoms with van der Waals surface area (Å²) in [6.45, 7) is 5.47. The van der Waals surface area contributed by atoms with Crippen molar-refractivity contribution in [1.29, 1.82) is 0 Å². The molecule has 1 rings (SSSR count). The van der Waals surface area contributed by atoms with Crippen molar-refractivity contribution < 1.29 is 19.1 Å². The maximum absolute atomic E-state index is 10.8. The fourth-order valence-corrected chi connectivity index (χ4v) is 1.62. The first-order chi connectivity index (χ1) is 8.43. The van der Waals surface area contributed by atoms with Crippen molar-refractivity contribution in [3.05, 3.63) is 28.8 Å². The van der Waals surface area contributed by atoms with E-state index in [0.717, 1.165) is 0 Å². The second kappa shape index (κ2) is 6.40. The summed E-state index contributed by atoms with van der Waals surface area (Å²) in [5.41, 5.74) is 0.700. The van der Waals surface area contributed by atoms with E-state index in [-0.39, 0.29) is 12.4 Å². The van der Waals surface area contributed by atoms with Crippen LogP contribution in [0.1, 0.15) is 32.4 Å². The molecule has 1 unspecified atom stereocenters. The van der Waals surface area contributed by atoms with Crippen LogP contribution < -0.4 is 4.74 Å². The molecule has 0 saturated heterocycles. The third kappa shape index (κ3) is 4.04. The largest absolute Gasteiger partial charge is 0.489 e. The molecule has 0 heterocycles. The lowest BCUT2D eigenvalue weighted by Gasteiger charge is -2.15. The monoisotopic (exact) mass is 270 g/mol. The number of aldehydes is 1. The number of hydrogen-bond acceptors (Lipinski definition) is 4. The maximum atomic E-state index is 10.8. The third-order valence-electron chi connectivity index (χ3n) is 2.18. The fourth-order valence-electron chi connectivity index (χ4n) is 1.39. The second-order valence-electron chi connectivity index (χ2n) is 4.05. The van der Waals surface area contributed by atoms with Crippen molar-refractivity contribution in [2.75, 3.05) is 0 Å². The molecule has 1 aromatic carbocycles. The van der Waals surface area contributed by atoms with Gasteiger partial charge in [-0.15, -0.1) is 0 Å². The lowest BCUT2D eigenvalue weighted by atomic mass is 10.1. The zero-order valence-electron chi connectivity index (χ0n) is 10.5. The van der Waals surface area contributed by atoms with Gasteiger partial charge in [0.25, 0.3) is 0 Å². The highest BCUT2D eigenvalue weighted by atomic mass is 35.5. The van der Waals surface area contributed by atoms with E-state index in [9.17, 15) is 9.59 Å². The Bertz CT molecular complexity index is 443. The van der Waals surface area contributed by atoms with E-state index >= 15 is 0 Å². The molecule has 0 fully saturated rings. The van der Waals surface area contributed by atoms with Gasteiger partial charge < -0.3 is 9.47 Å². The van der Waals surface area contributed by atoms with Gasteiger partial charge in [-0.1, -0.05) is 17.7 Å². The van der Waals surface area contributed by atoms with Gasteiger partial charge in [-0.3, -0.25) is 4.79 Å². The number of esters is 1. The number of carbonyl (C=O) groups excluding carboxylic acids is 2. The van der Waals surface area contributed by atoms with Gasteiger partial charge in [0, 0.05) is 0 Å². The SMILES string of the molecule is CC(C)Oc1ccc(C(C)OC(=O)C=O)cc1Cl. The Morgan fingerprint density at radius 3 is 2.50 bits per heavy atom. The Morgan fingerprint density at radius 1 is 1.33 bits per heavy atom. The van der Waals surface area contributed by atoms with Crippen LogP contribution in [0.2, 0.25) is 5.02 Å². The number of rotatable bonds is 5. The number of halogens is 1. The van der Waals surface area contributed by atoms with Gasteiger partial charge in [0.1, 0.15) is 11.9 Å². The van der Waals surface area contributed by atoms with Gasteiger partial charge in [0.2, 0.25) is 6.29 Å². The highest BCUT2D eigenvalue weighted by Gasteiger charge is 2.13. The molecule has 98 valence electrons. The fraction of sp³-hybridized carbons (Fsp3) is 0.385. The summed E-state index contributed by atoms with van der Waals surface area (Å²) in [6, 6.07) is 5.11. The first-order valence-electron chi connectivity index (χ1n) is 5.56. The van der Waals surface area contributed by atoms with Crippen LogP contribution in [0.15, 0.2) is 18.2 Å². The Balaban J connectivity index is 2.83. The van der Waals surface area contributed by atoms with Gasteiger partial charge in [0.15, 0.2) is 0 Å². The first-order valence-corrected chi connectivity index (χ1v) is 5.93. The lowest BCUT2D eigenvalue weighted by molar-refractivity contribution is -0.152. The maximum Gasteiger partial charge on any atom is 0.371 e. The summed E-state index contributed by atoms with van der Waals surface area (Å²) >= 11 is 6.05. The van der Waals surface area contributed by atoms with E-state index in [1.807, 2.05) is 13.8 Å². The third-order valence-corrected chi connectivity index (χ3v) is 2.47. The van der Waals surface area contributed by atoms with Crippen LogP contribution in [-0.2, 0) is 14.3 Å². The predicted molar refractivity (Wildman–Crippen MR) is 67.8 cm³/mol. The van der Waals surface area contributed by atoms with Crippen LogP contribution in [0.4, 0.5) is 0 Å². The summed E-state index contributed by atoms with van der Waals surface area (Å²) < 4.78 is 10.3. The molecule has 0 spiro atoms. The van der Waals surface area contributed by atoms with Gasteiger partial charge in [-0.25, -0.2) is 4.79 Å². The molecule has 0 bridgehead atoms. The standard InChI is InChI=1S/C13H15ClO4/c1-8(2)17-12-5-4-10(6-11(12)14)9(3)18-13(16)7-15/h4-9H,1-3H3. The van der Waals surface area contributed by atoms with Crippen LogP contribution in [0, 0.1) is 0 Å². The zero-order valence-corrected chi connectivity index (χ0v) is 11.2. The summed E-state index contributed by atoms with van der Waals surface area (Å²) in [5, 5.41) is 0.440. The summed E-state index contributed by atoms with van der Waals surface area (Å²) in [6.07, 6.45) is -0.374. The van der Waals surface area contributed by atoms with Gasteiger partial charge in [-0.2, -0.15) is 0 Å². The van der Waals surface area contributed by atoms with E-state index in [0.29, 0.717) is 16.3 Å². The molecule has 1 aromatic rings. The van der Waals surface area contributed by atoms with Crippen LogP contribution >= 0.6 is 11.6 Å². The molecule has 0 aliphatic heterocycles. The topological polar surface area (TPSA) is 52.6 Å². The second-order valence-corrected chi connectivity index (χ2v) is 4.46. The highest BCUT2D eigenvalue weighted by Crippen LogP contribution is 2.29. The van der Waals surface area contributed by atoms with Crippen molar-refractivity contribution in [2.24, 2.45) is 0 Å². The molecular weight excluding hydrogens is 256 g/mol. The molecular formula is C13H15ClO4. The highest BCUT2D eigenvalue weighted by molar-refractivity contribution is 6.32. The molecule has 0 aliphatic carbocycles. The molecule has 0 saturated carbocycles. The molecule has 0 radical (unpaired) electrons. The van der Waals surface area contributed by atoms with Gasteiger partial charge >= 0.3 is 5.97 Å². The van der Waals surface area contributed by atoms with Crippen molar-refractivity contribution in [1.82, 2.24) is 0 Å². The molecule has 0 N–H and O–H groups in total. The molecule has 5 heteroatoms. The van der Waals surface area contributed by atoms with Crippen LogP contribution in [0.5, 0.6) is 5.75 Å². The normalized spacial score (nSPS) is 12.1. The number of hydrogen-bond donors (Lipinski definition) is 0. The lowest BCUT2D eigenvalue weighted by Crippen LogP contribution is -2.10. The van der Waals surface area contributed by atoms with Gasteiger partial charge in [-0.05, 0) is 38.5 Å². The van der Waals surface area contributed by atoms with Crippen molar-refractivity contribution in [3.8, 4) is 5.75 Å². The first kappa shape index (κ1) is 14.5. The average molecular weight is 271 g/mol.